The predicted octanol–water partition coefficient (Wildman–Crippen LogP) is 2.60. The largest absolute Gasteiger partial charge is 0.489 e. The second-order valence-electron chi connectivity index (χ2n) is 8.19. The third-order valence-corrected chi connectivity index (χ3v) is 5.41. The van der Waals surface area contributed by atoms with Crippen molar-refractivity contribution in [3.63, 3.8) is 0 Å². The van der Waals surface area contributed by atoms with E-state index in [2.05, 4.69) is 20.3 Å². The van der Waals surface area contributed by atoms with E-state index in [0.29, 0.717) is 41.6 Å². The molecule has 0 aliphatic heterocycles. The normalized spacial score (nSPS) is 19.0. The van der Waals surface area contributed by atoms with Crippen LogP contribution >= 0.6 is 0 Å². The minimum absolute atomic E-state index is 0.272. The van der Waals surface area contributed by atoms with Gasteiger partial charge >= 0.3 is 0 Å². The summed E-state index contributed by atoms with van der Waals surface area (Å²) < 4.78 is 11.7. The van der Waals surface area contributed by atoms with Gasteiger partial charge in [-0.15, -0.1) is 0 Å². The molecule has 1 aromatic heterocycles. The highest BCUT2D eigenvalue weighted by molar-refractivity contribution is 5.93. The molecule has 3 rings (SSSR count). The van der Waals surface area contributed by atoms with Crippen molar-refractivity contribution >= 4 is 17.6 Å². The van der Waals surface area contributed by atoms with Crippen molar-refractivity contribution in [1.82, 2.24) is 15.3 Å². The second kappa shape index (κ2) is 11.0. The van der Waals surface area contributed by atoms with Gasteiger partial charge in [0.25, 0.3) is 0 Å². The molecule has 0 amide bonds. The van der Waals surface area contributed by atoms with Gasteiger partial charge in [0, 0.05) is 21.0 Å². The SMILES string of the molecule is CN=C(N=C(C)OCC1CC1)N/C(=C(/N)c1ccc(OC2CCCCC2)cn1)N(C)N. The highest BCUT2D eigenvalue weighted by Crippen LogP contribution is 2.28. The molecule has 170 valence electrons. The Morgan fingerprint density at radius 1 is 1.23 bits per heavy atom. The van der Waals surface area contributed by atoms with Crippen LogP contribution in [0, 0.1) is 5.92 Å². The molecule has 2 fully saturated rings. The minimum atomic E-state index is 0.272. The molecule has 9 nitrogen and oxygen atoms in total. The van der Waals surface area contributed by atoms with E-state index in [1.165, 1.54) is 37.1 Å². The number of nitrogens with two attached hydrogens (primary N) is 2. The molecule has 0 saturated heterocycles. The average Bonchev–Trinajstić information content (AvgIpc) is 3.60. The van der Waals surface area contributed by atoms with Gasteiger partial charge in [0.05, 0.1) is 24.6 Å². The van der Waals surface area contributed by atoms with Gasteiger partial charge in [0.2, 0.25) is 5.96 Å². The van der Waals surface area contributed by atoms with Gasteiger partial charge in [0.1, 0.15) is 17.3 Å². The van der Waals surface area contributed by atoms with E-state index in [9.17, 15) is 0 Å². The number of pyridine rings is 1. The fourth-order valence-electron chi connectivity index (χ4n) is 3.40. The predicted molar refractivity (Wildman–Crippen MR) is 123 cm³/mol. The second-order valence-corrected chi connectivity index (χ2v) is 8.19. The van der Waals surface area contributed by atoms with Crippen LogP contribution in [0.25, 0.3) is 5.70 Å². The lowest BCUT2D eigenvalue weighted by Crippen LogP contribution is -2.39. The maximum absolute atomic E-state index is 6.37. The molecular weight excluding hydrogens is 394 g/mol. The zero-order valence-corrected chi connectivity index (χ0v) is 18.8. The Morgan fingerprint density at radius 2 is 1.97 bits per heavy atom. The zero-order valence-electron chi connectivity index (χ0n) is 18.8. The molecule has 0 spiro atoms. The maximum Gasteiger partial charge on any atom is 0.226 e. The number of hydrogen-bond acceptors (Lipinski definition) is 7. The summed E-state index contributed by atoms with van der Waals surface area (Å²) >= 11 is 0. The van der Waals surface area contributed by atoms with Crippen LogP contribution in [-0.2, 0) is 4.74 Å². The summed E-state index contributed by atoms with van der Waals surface area (Å²) in [7, 11) is 3.32. The lowest BCUT2D eigenvalue weighted by atomic mass is 9.98. The molecule has 9 heteroatoms. The Kier molecular flexibility index (Phi) is 8.11. The standard InChI is InChI=1S/C22H35N7O2/c1-15(30-14-16-9-10-16)27-22(25-2)28-21(29(3)24)20(23)19-12-11-18(13-26-19)31-17-7-5-4-6-8-17/h11-13,16-17H,4-10,14,23-24H2,1-3H3,(H,25,28)/b21-20-,27-15?. The van der Waals surface area contributed by atoms with Crippen LogP contribution in [-0.4, -0.2) is 48.7 Å². The van der Waals surface area contributed by atoms with E-state index >= 15 is 0 Å². The van der Waals surface area contributed by atoms with Crippen molar-refractivity contribution in [2.75, 3.05) is 20.7 Å². The Labute approximate surface area is 184 Å². The Balaban J connectivity index is 1.68. The number of hydrogen-bond donors (Lipinski definition) is 3. The number of guanidine groups is 1. The first kappa shape index (κ1) is 22.9. The summed E-state index contributed by atoms with van der Waals surface area (Å²) in [4.78, 5) is 13.0. The highest BCUT2D eigenvalue weighted by Gasteiger charge is 2.22. The van der Waals surface area contributed by atoms with E-state index in [4.69, 9.17) is 21.1 Å². The van der Waals surface area contributed by atoms with Crippen molar-refractivity contribution in [2.24, 2.45) is 27.5 Å². The molecule has 2 saturated carbocycles. The summed E-state index contributed by atoms with van der Waals surface area (Å²) in [5, 5.41) is 4.46. The van der Waals surface area contributed by atoms with Crippen molar-refractivity contribution in [3.8, 4) is 5.75 Å². The van der Waals surface area contributed by atoms with Gasteiger partial charge in [-0.05, 0) is 56.6 Å². The Bertz CT molecular complexity index is 808. The zero-order chi connectivity index (χ0) is 22.2. The van der Waals surface area contributed by atoms with Crippen LogP contribution < -0.4 is 21.6 Å². The number of rotatable bonds is 7. The molecule has 0 unspecified atom stereocenters. The van der Waals surface area contributed by atoms with Gasteiger partial charge in [-0.1, -0.05) is 6.42 Å². The van der Waals surface area contributed by atoms with Crippen molar-refractivity contribution in [1.29, 1.82) is 0 Å². The topological polar surface area (TPSA) is 123 Å². The van der Waals surface area contributed by atoms with Crippen molar-refractivity contribution in [2.45, 2.75) is 58.0 Å². The minimum Gasteiger partial charge on any atom is -0.489 e. The molecule has 1 heterocycles. The van der Waals surface area contributed by atoms with E-state index in [-0.39, 0.29) is 6.10 Å². The molecule has 31 heavy (non-hydrogen) atoms. The van der Waals surface area contributed by atoms with Gasteiger partial charge in [-0.2, -0.15) is 4.99 Å². The monoisotopic (exact) mass is 429 g/mol. The van der Waals surface area contributed by atoms with Crippen LogP contribution in [0.15, 0.2) is 34.1 Å². The highest BCUT2D eigenvalue weighted by atomic mass is 16.5. The van der Waals surface area contributed by atoms with Gasteiger partial charge in [-0.3, -0.25) is 15.0 Å². The van der Waals surface area contributed by atoms with E-state index in [1.807, 2.05) is 12.1 Å². The molecule has 2 aliphatic carbocycles. The summed E-state index contributed by atoms with van der Waals surface area (Å²) in [6.07, 6.45) is 10.3. The van der Waals surface area contributed by atoms with Gasteiger partial charge in [0.15, 0.2) is 5.90 Å². The van der Waals surface area contributed by atoms with Gasteiger partial charge in [-0.25, -0.2) is 5.84 Å². The first-order valence-electron chi connectivity index (χ1n) is 11.0. The lowest BCUT2D eigenvalue weighted by Gasteiger charge is -2.23. The van der Waals surface area contributed by atoms with Crippen LogP contribution in [0.1, 0.15) is 57.6 Å². The number of nitrogens with zero attached hydrogens (tertiary/aromatic N) is 4. The average molecular weight is 430 g/mol. The molecule has 0 bridgehead atoms. The van der Waals surface area contributed by atoms with E-state index < -0.39 is 0 Å². The third-order valence-electron chi connectivity index (χ3n) is 5.41. The quantitative estimate of drug-likeness (QED) is 0.263. The van der Waals surface area contributed by atoms with E-state index in [0.717, 1.165) is 18.6 Å². The summed E-state index contributed by atoms with van der Waals surface area (Å²) in [5.41, 5.74) is 7.33. The fourth-order valence-corrected chi connectivity index (χ4v) is 3.40. The molecule has 5 N–H and O–H groups in total. The fraction of sp³-hybridized carbons (Fsp3) is 0.591. The Hall–Kier alpha value is -2.81. The first-order valence-corrected chi connectivity index (χ1v) is 11.0. The van der Waals surface area contributed by atoms with Gasteiger partial charge < -0.3 is 20.5 Å². The van der Waals surface area contributed by atoms with Crippen molar-refractivity contribution < 1.29 is 9.47 Å². The Morgan fingerprint density at radius 3 is 2.55 bits per heavy atom. The molecular formula is C22H35N7O2. The number of hydrazine groups is 1. The summed E-state index contributed by atoms with van der Waals surface area (Å²) in [6.45, 7) is 2.49. The van der Waals surface area contributed by atoms with Crippen LogP contribution in [0.2, 0.25) is 0 Å². The summed E-state index contributed by atoms with van der Waals surface area (Å²) in [6, 6.07) is 3.72. The maximum atomic E-state index is 6.37. The van der Waals surface area contributed by atoms with E-state index in [1.54, 1.807) is 27.2 Å². The van der Waals surface area contributed by atoms with Crippen LogP contribution in [0.5, 0.6) is 5.75 Å². The number of nitrogens with one attached hydrogen (secondary N) is 1. The first-order chi connectivity index (χ1) is 15.0. The summed E-state index contributed by atoms with van der Waals surface area (Å²) in [5.74, 6) is 8.75. The molecule has 0 aromatic carbocycles. The van der Waals surface area contributed by atoms with Crippen LogP contribution in [0.3, 0.4) is 0 Å². The molecule has 0 atom stereocenters. The lowest BCUT2D eigenvalue weighted by molar-refractivity contribution is 0.154. The number of ether oxygens (including phenoxy) is 2. The van der Waals surface area contributed by atoms with Crippen LogP contribution in [0.4, 0.5) is 0 Å². The number of aromatic nitrogens is 1. The smallest absolute Gasteiger partial charge is 0.226 e. The molecule has 0 radical (unpaired) electrons. The number of aliphatic imine (C=N–C) groups is 2. The molecule has 2 aliphatic rings. The van der Waals surface area contributed by atoms with Crippen molar-refractivity contribution in [3.05, 3.63) is 29.8 Å². The molecule has 1 aromatic rings. The third kappa shape index (κ3) is 7.13.